The molecule has 0 bridgehead atoms. The van der Waals surface area contributed by atoms with Gasteiger partial charge in [-0.3, -0.25) is 0 Å². The van der Waals surface area contributed by atoms with Crippen LogP contribution in [0.2, 0.25) is 0 Å². The lowest BCUT2D eigenvalue weighted by molar-refractivity contribution is 0.315. The van der Waals surface area contributed by atoms with Crippen molar-refractivity contribution in [3.8, 4) is 20.9 Å². The molecule has 0 aliphatic heterocycles. The van der Waals surface area contributed by atoms with Gasteiger partial charge in [-0.05, 0) is 91.1 Å². The Labute approximate surface area is 221 Å². The molecule has 0 aliphatic carbocycles. The van der Waals surface area contributed by atoms with Crippen molar-refractivity contribution in [2.45, 2.75) is 78.1 Å². The third kappa shape index (κ3) is 5.98. The van der Waals surface area contributed by atoms with Crippen LogP contribution in [0.3, 0.4) is 0 Å². The maximum Gasteiger partial charge on any atom is 0.144 e. The molecule has 3 aromatic heterocycles. The van der Waals surface area contributed by atoms with E-state index in [9.17, 15) is 0 Å². The fourth-order valence-electron chi connectivity index (χ4n) is 4.17. The van der Waals surface area contributed by atoms with Crippen LogP contribution >= 0.6 is 54.5 Å². The maximum absolute atomic E-state index is 5.23. The van der Waals surface area contributed by atoms with Crippen LogP contribution in [0.15, 0.2) is 36.5 Å². The third-order valence-electron chi connectivity index (χ3n) is 6.06. The van der Waals surface area contributed by atoms with E-state index in [2.05, 4.69) is 80.3 Å². The Morgan fingerprint density at radius 3 is 1.58 bits per heavy atom. The zero-order valence-corrected chi connectivity index (χ0v) is 24.1. The van der Waals surface area contributed by atoms with Crippen LogP contribution in [0.5, 0.6) is 0 Å². The van der Waals surface area contributed by atoms with Gasteiger partial charge in [-0.25, -0.2) is 4.63 Å². The third-order valence-corrected chi connectivity index (χ3v) is 10.0. The molecule has 0 spiro atoms. The van der Waals surface area contributed by atoms with E-state index < -0.39 is 0 Å². The van der Waals surface area contributed by atoms with Crippen LogP contribution < -0.4 is 0 Å². The number of rotatable bonds is 12. The summed E-state index contributed by atoms with van der Waals surface area (Å²) in [6.07, 6.45) is 12.4. The molecule has 7 heteroatoms. The second-order valence-electron chi connectivity index (χ2n) is 8.56. The van der Waals surface area contributed by atoms with E-state index in [4.69, 9.17) is 4.63 Å². The van der Waals surface area contributed by atoms with Gasteiger partial charge in [0.25, 0.3) is 0 Å². The van der Waals surface area contributed by atoms with Gasteiger partial charge < -0.3 is 0 Å². The highest BCUT2D eigenvalue weighted by atomic mass is 79.9. The van der Waals surface area contributed by atoms with Gasteiger partial charge in [0.05, 0.1) is 7.57 Å². The van der Waals surface area contributed by atoms with Crippen LogP contribution in [0.25, 0.3) is 31.9 Å². The van der Waals surface area contributed by atoms with E-state index in [0.29, 0.717) is 0 Å². The van der Waals surface area contributed by atoms with Crippen molar-refractivity contribution in [2.75, 3.05) is 0 Å². The average molecular weight is 610 g/mol. The van der Waals surface area contributed by atoms with Crippen molar-refractivity contribution in [1.82, 2.24) is 10.3 Å². The molecule has 0 atom stereocenters. The Bertz CT molecular complexity index is 1100. The fourth-order valence-corrected chi connectivity index (χ4v) is 7.76. The molecule has 33 heavy (non-hydrogen) atoms. The van der Waals surface area contributed by atoms with E-state index in [0.717, 1.165) is 35.0 Å². The summed E-state index contributed by atoms with van der Waals surface area (Å²) in [5.74, 6) is 0. The summed E-state index contributed by atoms with van der Waals surface area (Å²) in [7, 11) is 0. The average Bonchev–Trinajstić information content (AvgIpc) is 3.53. The van der Waals surface area contributed by atoms with Crippen molar-refractivity contribution in [1.29, 1.82) is 0 Å². The molecule has 0 fully saturated rings. The topological polar surface area (TPSA) is 38.9 Å². The van der Waals surface area contributed by atoms with Crippen molar-refractivity contribution in [3.05, 3.63) is 43.0 Å². The van der Waals surface area contributed by atoms with Crippen molar-refractivity contribution in [2.24, 2.45) is 0 Å². The van der Waals surface area contributed by atoms with Gasteiger partial charge in [0.2, 0.25) is 0 Å². The molecule has 0 amide bonds. The van der Waals surface area contributed by atoms with E-state index in [1.165, 1.54) is 79.8 Å². The Balaban J connectivity index is 1.59. The number of aryl methyl sites for hydroxylation is 2. The van der Waals surface area contributed by atoms with Crippen molar-refractivity contribution >= 4 is 65.6 Å². The number of nitrogens with zero attached hydrogens (tertiary/aromatic N) is 2. The van der Waals surface area contributed by atoms with Gasteiger partial charge in [0.15, 0.2) is 0 Å². The number of aromatic nitrogens is 2. The first kappa shape index (κ1) is 25.1. The second kappa shape index (κ2) is 12.1. The van der Waals surface area contributed by atoms with Crippen LogP contribution in [-0.2, 0) is 12.8 Å². The lowest BCUT2D eigenvalue weighted by Gasteiger charge is -2.02. The zero-order chi connectivity index (χ0) is 23.2. The molecule has 176 valence electrons. The summed E-state index contributed by atoms with van der Waals surface area (Å²) in [6.45, 7) is 4.51. The monoisotopic (exact) mass is 608 g/mol. The highest BCUT2D eigenvalue weighted by molar-refractivity contribution is 9.11. The Morgan fingerprint density at radius 2 is 1.15 bits per heavy atom. The van der Waals surface area contributed by atoms with Gasteiger partial charge in [-0.2, -0.15) is 0 Å². The summed E-state index contributed by atoms with van der Waals surface area (Å²) in [6, 6.07) is 8.96. The minimum Gasteiger partial charge on any atom is -0.243 e. The van der Waals surface area contributed by atoms with E-state index >= 15 is 0 Å². The van der Waals surface area contributed by atoms with E-state index in [-0.39, 0.29) is 0 Å². The lowest BCUT2D eigenvalue weighted by atomic mass is 10.0. The number of unbranched alkanes of at least 4 members (excludes halogenated alkanes) is 6. The lowest BCUT2D eigenvalue weighted by Crippen LogP contribution is -1.85. The Morgan fingerprint density at radius 1 is 0.697 bits per heavy atom. The van der Waals surface area contributed by atoms with Gasteiger partial charge in [-0.1, -0.05) is 64.5 Å². The summed E-state index contributed by atoms with van der Waals surface area (Å²) in [4.78, 5) is 2.42. The number of benzene rings is 1. The Kier molecular flexibility index (Phi) is 9.19. The van der Waals surface area contributed by atoms with Gasteiger partial charge in [0.1, 0.15) is 11.0 Å². The first-order valence-corrected chi connectivity index (χ1v) is 15.2. The van der Waals surface area contributed by atoms with Gasteiger partial charge >= 0.3 is 0 Å². The summed E-state index contributed by atoms with van der Waals surface area (Å²) >= 11 is 11.1. The van der Waals surface area contributed by atoms with Gasteiger partial charge in [0, 0.05) is 20.9 Å². The molecule has 0 aliphatic rings. The smallest absolute Gasteiger partial charge is 0.144 e. The zero-order valence-electron chi connectivity index (χ0n) is 19.3. The summed E-state index contributed by atoms with van der Waals surface area (Å²) in [5, 5.41) is 8.61. The number of thiophene rings is 2. The molecule has 0 saturated heterocycles. The molecular formula is C26H30Br2N2OS2. The molecule has 0 N–H and O–H groups in total. The quantitative estimate of drug-likeness (QED) is 0.150. The molecule has 0 unspecified atom stereocenters. The molecule has 4 rings (SSSR count). The standard InChI is InChI=1S/C26H30Br2N2OS2/c1-3-5-7-9-11-17-15-21(32-25(17)27)19-13-14-20(24-23(19)29-31-30-24)22-16-18(26(28)33-22)12-10-8-6-4-2/h13-16H,3-12H2,1-2H3. The van der Waals surface area contributed by atoms with Gasteiger partial charge in [-0.15, -0.1) is 22.7 Å². The summed E-state index contributed by atoms with van der Waals surface area (Å²) < 4.78 is 7.67. The van der Waals surface area contributed by atoms with Crippen molar-refractivity contribution < 1.29 is 4.63 Å². The van der Waals surface area contributed by atoms with Crippen molar-refractivity contribution in [3.63, 3.8) is 0 Å². The highest BCUT2D eigenvalue weighted by Gasteiger charge is 2.19. The molecule has 0 saturated carbocycles. The van der Waals surface area contributed by atoms with Crippen LogP contribution in [0.4, 0.5) is 0 Å². The largest absolute Gasteiger partial charge is 0.243 e. The number of fused-ring (bicyclic) bond motifs is 1. The fraction of sp³-hybridized carbons (Fsp3) is 0.462. The minimum absolute atomic E-state index is 0.841. The number of halogens is 2. The van der Waals surface area contributed by atoms with Crippen LogP contribution in [-0.4, -0.2) is 10.3 Å². The minimum atomic E-state index is 0.841. The van der Waals surface area contributed by atoms with E-state index in [1.54, 1.807) is 22.7 Å². The predicted molar refractivity (Wildman–Crippen MR) is 150 cm³/mol. The summed E-state index contributed by atoms with van der Waals surface area (Å²) in [5.41, 5.74) is 6.64. The predicted octanol–water partition coefficient (Wildman–Crippen LogP) is 10.5. The first-order chi connectivity index (χ1) is 16.1. The molecule has 1 aromatic carbocycles. The molecule has 4 aromatic rings. The number of hydrogen-bond acceptors (Lipinski definition) is 5. The molecule has 3 heterocycles. The normalized spacial score (nSPS) is 11.6. The maximum atomic E-state index is 5.23. The number of hydrogen-bond donors (Lipinski definition) is 0. The SMILES string of the molecule is CCCCCCc1cc(-c2ccc(-c3cc(CCCCCC)c(Br)s3)c3nonc23)sc1Br. The van der Waals surface area contributed by atoms with Crippen LogP contribution in [0.1, 0.15) is 76.3 Å². The van der Waals surface area contributed by atoms with E-state index in [1.807, 2.05) is 0 Å². The second-order valence-corrected chi connectivity index (χ2v) is 13.3. The molecule has 0 radical (unpaired) electrons. The molecule has 3 nitrogen and oxygen atoms in total. The Hall–Kier alpha value is -1.02. The highest BCUT2D eigenvalue weighted by Crippen LogP contribution is 2.43. The van der Waals surface area contributed by atoms with Crippen LogP contribution in [0, 0.1) is 0 Å². The molecular weight excluding hydrogens is 580 g/mol. The first-order valence-electron chi connectivity index (χ1n) is 11.9.